The summed E-state index contributed by atoms with van der Waals surface area (Å²) in [6.07, 6.45) is -3.41. The van der Waals surface area contributed by atoms with Crippen LogP contribution in [-0.2, 0) is 22.4 Å². The second-order valence-electron chi connectivity index (χ2n) is 8.99. The highest BCUT2D eigenvalue weighted by molar-refractivity contribution is 5.72. The number of rotatable bonds is 7. The molecule has 1 aromatic heterocycles. The second kappa shape index (κ2) is 10.00. The Bertz CT molecular complexity index is 1080. The van der Waals surface area contributed by atoms with Crippen molar-refractivity contribution < 1.29 is 27.4 Å². The van der Waals surface area contributed by atoms with E-state index in [0.717, 1.165) is 28.9 Å². The number of pyridine rings is 1. The van der Waals surface area contributed by atoms with Gasteiger partial charge in [-0.3, -0.25) is 4.79 Å². The van der Waals surface area contributed by atoms with Gasteiger partial charge in [-0.1, -0.05) is 6.07 Å². The zero-order valence-corrected chi connectivity index (χ0v) is 19.8. The normalized spacial score (nSPS) is 17.3. The van der Waals surface area contributed by atoms with Crippen molar-refractivity contribution in [2.24, 2.45) is 5.92 Å². The molecule has 2 aliphatic rings. The summed E-state index contributed by atoms with van der Waals surface area (Å²) in [6, 6.07) is 7.50. The lowest BCUT2D eigenvalue weighted by molar-refractivity contribution is -0.179. The van der Waals surface area contributed by atoms with E-state index in [0.29, 0.717) is 37.7 Å². The van der Waals surface area contributed by atoms with E-state index in [4.69, 9.17) is 14.2 Å². The third-order valence-corrected chi connectivity index (χ3v) is 6.89. The second-order valence-corrected chi connectivity index (χ2v) is 8.99. The lowest BCUT2D eigenvalue weighted by Crippen LogP contribution is -2.39. The number of halogens is 3. The minimum absolute atomic E-state index is 0.104. The van der Waals surface area contributed by atoms with Gasteiger partial charge in [0.1, 0.15) is 12.7 Å². The lowest BCUT2D eigenvalue weighted by Gasteiger charge is -2.35. The van der Waals surface area contributed by atoms with Crippen LogP contribution in [0.5, 0.6) is 5.88 Å². The van der Waals surface area contributed by atoms with Crippen LogP contribution in [0.4, 0.5) is 18.9 Å². The molecule has 0 unspecified atom stereocenters. The van der Waals surface area contributed by atoms with E-state index in [2.05, 4.69) is 6.07 Å². The van der Waals surface area contributed by atoms with Crippen molar-refractivity contribution in [3.8, 4) is 17.1 Å². The summed E-state index contributed by atoms with van der Waals surface area (Å²) < 4.78 is 57.6. The number of methoxy groups -OCH3 is 2. The lowest BCUT2D eigenvalue weighted by atomic mass is 9.92. The van der Waals surface area contributed by atoms with Gasteiger partial charge in [0.2, 0.25) is 0 Å². The molecular weight excluding hydrogens is 449 g/mol. The Balaban J connectivity index is 1.59. The summed E-state index contributed by atoms with van der Waals surface area (Å²) in [5.41, 5.74) is 4.35. The fraction of sp³-hybridized carbons (Fsp3) is 0.560. The van der Waals surface area contributed by atoms with E-state index in [-0.39, 0.29) is 31.0 Å². The van der Waals surface area contributed by atoms with Crippen molar-refractivity contribution in [3.05, 3.63) is 45.6 Å². The zero-order chi connectivity index (χ0) is 24.5. The van der Waals surface area contributed by atoms with E-state index in [1.54, 1.807) is 14.2 Å². The Kier molecular flexibility index (Phi) is 7.23. The topological polar surface area (TPSA) is 52.9 Å². The fourth-order valence-electron chi connectivity index (χ4n) is 4.88. The largest absolute Gasteiger partial charge is 0.476 e. The molecule has 9 heteroatoms. The standard InChI is InChI=1S/C25H31F3N2O4/c1-16-22(31)13-23(34-15-20(33-3)14-32-2)30-11-6-17-12-19(4-5-21(17)24(16)30)29-9-7-18(8-10-29)25(26,27)28/h4-5,12-13,18,20H,6-11,14-15H2,1-3H3/t20-/m0/s1. The number of benzene rings is 1. The number of alkyl halides is 3. The third kappa shape index (κ3) is 4.95. The molecule has 0 N–H and O–H groups in total. The van der Waals surface area contributed by atoms with Crippen molar-refractivity contribution in [1.29, 1.82) is 0 Å². The van der Waals surface area contributed by atoms with Crippen LogP contribution in [0, 0.1) is 12.8 Å². The molecule has 4 rings (SSSR count). The van der Waals surface area contributed by atoms with Gasteiger partial charge in [0.15, 0.2) is 11.3 Å². The molecule has 0 aliphatic carbocycles. The molecule has 0 amide bonds. The summed E-state index contributed by atoms with van der Waals surface area (Å²) in [5.74, 6) is -0.726. The van der Waals surface area contributed by atoms with E-state index in [1.807, 2.05) is 28.5 Å². The Morgan fingerprint density at radius 3 is 2.47 bits per heavy atom. The summed E-state index contributed by atoms with van der Waals surface area (Å²) in [6.45, 7) is 3.86. The van der Waals surface area contributed by atoms with E-state index in [1.165, 1.54) is 6.07 Å². The Morgan fingerprint density at radius 1 is 1.09 bits per heavy atom. The minimum Gasteiger partial charge on any atom is -0.476 e. The molecular formula is C25H31F3N2O4. The molecule has 0 saturated carbocycles. The Morgan fingerprint density at radius 2 is 1.82 bits per heavy atom. The summed E-state index contributed by atoms with van der Waals surface area (Å²) in [5, 5.41) is 0. The van der Waals surface area contributed by atoms with Gasteiger partial charge in [0.05, 0.1) is 18.2 Å². The van der Waals surface area contributed by atoms with Gasteiger partial charge in [0.25, 0.3) is 0 Å². The van der Waals surface area contributed by atoms with Crippen LogP contribution in [0.3, 0.4) is 0 Å². The maximum absolute atomic E-state index is 13.0. The van der Waals surface area contributed by atoms with Crippen LogP contribution in [0.2, 0.25) is 0 Å². The van der Waals surface area contributed by atoms with Crippen molar-refractivity contribution in [2.75, 3.05) is 45.4 Å². The van der Waals surface area contributed by atoms with Crippen LogP contribution in [0.1, 0.15) is 24.0 Å². The smallest absolute Gasteiger partial charge is 0.391 e. The molecule has 2 aliphatic heterocycles. The molecule has 3 heterocycles. The number of hydrogen-bond donors (Lipinski definition) is 0. The average molecular weight is 481 g/mol. The van der Waals surface area contributed by atoms with Crippen LogP contribution in [-0.4, -0.2) is 57.4 Å². The molecule has 0 bridgehead atoms. The van der Waals surface area contributed by atoms with Crippen LogP contribution < -0.4 is 15.1 Å². The maximum Gasteiger partial charge on any atom is 0.391 e. The van der Waals surface area contributed by atoms with E-state index >= 15 is 0 Å². The molecule has 2 aromatic rings. The molecule has 186 valence electrons. The van der Waals surface area contributed by atoms with E-state index < -0.39 is 12.1 Å². The molecule has 0 radical (unpaired) electrons. The Hall–Kier alpha value is -2.52. The SMILES string of the molecule is COC[C@@H](COc1cc(=O)c(C)c2n1CCc1cc(N3CCC(C(F)(F)F)CC3)ccc1-2)OC. The fourth-order valence-corrected chi connectivity index (χ4v) is 4.88. The first kappa shape index (κ1) is 24.6. The monoisotopic (exact) mass is 480 g/mol. The predicted octanol–water partition coefficient (Wildman–Crippen LogP) is 4.20. The summed E-state index contributed by atoms with van der Waals surface area (Å²) >= 11 is 0. The Labute approximate surface area is 197 Å². The van der Waals surface area contributed by atoms with Crippen molar-refractivity contribution in [3.63, 3.8) is 0 Å². The van der Waals surface area contributed by atoms with Crippen molar-refractivity contribution >= 4 is 5.69 Å². The number of piperidine rings is 1. The average Bonchev–Trinajstić information content (AvgIpc) is 2.83. The summed E-state index contributed by atoms with van der Waals surface area (Å²) in [4.78, 5) is 14.8. The van der Waals surface area contributed by atoms with Crippen LogP contribution in [0.25, 0.3) is 11.3 Å². The summed E-state index contributed by atoms with van der Waals surface area (Å²) in [7, 11) is 3.18. The number of ether oxygens (including phenoxy) is 3. The number of aromatic nitrogens is 1. The molecule has 34 heavy (non-hydrogen) atoms. The third-order valence-electron chi connectivity index (χ3n) is 6.89. The number of aryl methyl sites for hydroxylation is 1. The van der Waals surface area contributed by atoms with Gasteiger partial charge >= 0.3 is 6.18 Å². The first-order valence-electron chi connectivity index (χ1n) is 11.6. The molecule has 1 fully saturated rings. The highest BCUT2D eigenvalue weighted by Crippen LogP contribution is 2.38. The number of nitrogens with zero attached hydrogens (tertiary/aromatic N) is 2. The molecule has 1 aromatic carbocycles. The van der Waals surface area contributed by atoms with Gasteiger partial charge < -0.3 is 23.7 Å². The number of anilines is 1. The molecule has 6 nitrogen and oxygen atoms in total. The number of hydrogen-bond acceptors (Lipinski definition) is 5. The van der Waals surface area contributed by atoms with Gasteiger partial charge in [-0.2, -0.15) is 13.2 Å². The quantitative estimate of drug-likeness (QED) is 0.595. The van der Waals surface area contributed by atoms with E-state index in [9.17, 15) is 18.0 Å². The first-order valence-corrected chi connectivity index (χ1v) is 11.6. The van der Waals surface area contributed by atoms with Gasteiger partial charge in [-0.25, -0.2) is 0 Å². The molecule has 1 saturated heterocycles. The maximum atomic E-state index is 13.0. The van der Waals surface area contributed by atoms with Gasteiger partial charge in [-0.15, -0.1) is 0 Å². The van der Waals surface area contributed by atoms with Crippen molar-refractivity contribution in [2.45, 2.75) is 45.0 Å². The molecule has 1 atom stereocenters. The number of fused-ring (bicyclic) bond motifs is 3. The van der Waals surface area contributed by atoms with Gasteiger partial charge in [-0.05, 0) is 43.9 Å². The zero-order valence-electron chi connectivity index (χ0n) is 19.8. The van der Waals surface area contributed by atoms with Crippen molar-refractivity contribution in [1.82, 2.24) is 4.57 Å². The van der Waals surface area contributed by atoms with Crippen LogP contribution in [0.15, 0.2) is 29.1 Å². The van der Waals surface area contributed by atoms with Gasteiger partial charge in [0, 0.05) is 56.7 Å². The highest BCUT2D eigenvalue weighted by atomic mass is 19.4. The minimum atomic E-state index is -4.12. The highest BCUT2D eigenvalue weighted by Gasteiger charge is 2.41. The van der Waals surface area contributed by atoms with Crippen LogP contribution >= 0.6 is 0 Å². The predicted molar refractivity (Wildman–Crippen MR) is 124 cm³/mol. The molecule has 0 spiro atoms. The first-order chi connectivity index (χ1) is 16.2.